The third-order valence-electron chi connectivity index (χ3n) is 5.38. The number of rotatable bonds is 9. The van der Waals surface area contributed by atoms with Gasteiger partial charge in [0.2, 0.25) is 0 Å². The number of para-hydroxylation sites is 1. The van der Waals surface area contributed by atoms with E-state index in [-0.39, 0.29) is 24.0 Å². The van der Waals surface area contributed by atoms with Crippen molar-refractivity contribution in [3.63, 3.8) is 0 Å². The van der Waals surface area contributed by atoms with Crippen LogP contribution in [0.15, 0.2) is 78.9 Å². The van der Waals surface area contributed by atoms with Crippen LogP contribution in [0, 0.1) is 11.3 Å². The molecule has 0 aromatic heterocycles. The van der Waals surface area contributed by atoms with Gasteiger partial charge in [0, 0.05) is 18.6 Å². The number of nitrogens with one attached hydrogen (secondary N) is 1. The van der Waals surface area contributed by atoms with E-state index in [0.29, 0.717) is 17.9 Å². The molecule has 0 saturated heterocycles. The van der Waals surface area contributed by atoms with Gasteiger partial charge in [0.15, 0.2) is 0 Å². The first-order valence-electron chi connectivity index (χ1n) is 10.9. The molecule has 0 bridgehead atoms. The van der Waals surface area contributed by atoms with Crippen LogP contribution < -0.4 is 14.8 Å². The number of aliphatic hydroxyl groups excluding tert-OH is 1. The Labute approximate surface area is 194 Å². The molecule has 1 unspecified atom stereocenters. The minimum Gasteiger partial charge on any atom is -0.465 e. The Hall–Kier alpha value is -3.51. The van der Waals surface area contributed by atoms with Gasteiger partial charge in [-0.1, -0.05) is 51.1 Å². The molecule has 3 aromatic rings. The Balaban J connectivity index is 1.61. The van der Waals surface area contributed by atoms with E-state index in [1.807, 2.05) is 99.6 Å². The molecule has 3 aromatic carbocycles. The van der Waals surface area contributed by atoms with E-state index in [4.69, 9.17) is 9.47 Å². The first kappa shape index (κ1) is 24.1. The predicted octanol–water partition coefficient (Wildman–Crippen LogP) is 6.10. The normalized spacial score (nSPS) is 13.1. The second kappa shape index (κ2) is 10.9. The second-order valence-corrected chi connectivity index (χ2v) is 9.07. The Bertz CT molecular complexity index is 1010. The number of ether oxygens (including phenoxy) is 2. The van der Waals surface area contributed by atoms with Gasteiger partial charge in [-0.25, -0.2) is 4.79 Å². The molecule has 6 heteroatoms. The lowest BCUT2D eigenvalue weighted by Gasteiger charge is -2.36. The molecule has 33 heavy (non-hydrogen) atoms. The lowest BCUT2D eigenvalue weighted by molar-refractivity contribution is 0.116. The van der Waals surface area contributed by atoms with Crippen molar-refractivity contribution in [1.82, 2.24) is 5.32 Å². The monoisotopic (exact) mass is 449 g/mol. The number of aliphatic hydroxyl groups is 1. The van der Waals surface area contributed by atoms with Crippen LogP contribution in [0.3, 0.4) is 0 Å². The number of amides is 1. The molecular formula is C27H31NO5. The number of benzene rings is 3. The molecule has 174 valence electrons. The lowest BCUT2D eigenvalue weighted by Crippen LogP contribution is -2.49. The standard InChI is InChI=1S/C27H31NO5/c1-27(2,3)25(28-26(30)31)20(18-29)17-19-9-11-22(12-10-19)33-24-15-13-23(14-16-24)32-21-7-5-4-6-8-21/h4-16,20,25,28-29H,17-18H2,1-3H3,(H,30,31)/t20-,25?/m1/s1. The third-order valence-corrected chi connectivity index (χ3v) is 5.38. The fourth-order valence-electron chi connectivity index (χ4n) is 3.80. The van der Waals surface area contributed by atoms with E-state index in [1.165, 1.54) is 0 Å². The van der Waals surface area contributed by atoms with Crippen molar-refractivity contribution in [2.45, 2.75) is 33.2 Å². The largest absolute Gasteiger partial charge is 0.465 e. The fourth-order valence-corrected chi connectivity index (χ4v) is 3.80. The minimum absolute atomic E-state index is 0.113. The summed E-state index contributed by atoms with van der Waals surface area (Å²) in [5, 5.41) is 21.7. The topological polar surface area (TPSA) is 88.0 Å². The van der Waals surface area contributed by atoms with Crippen LogP contribution in [0.25, 0.3) is 0 Å². The van der Waals surface area contributed by atoms with Gasteiger partial charge in [0.25, 0.3) is 0 Å². The molecule has 6 nitrogen and oxygen atoms in total. The highest BCUT2D eigenvalue weighted by Gasteiger charge is 2.33. The average Bonchev–Trinajstić information content (AvgIpc) is 2.78. The van der Waals surface area contributed by atoms with Crippen molar-refractivity contribution in [3.05, 3.63) is 84.4 Å². The van der Waals surface area contributed by atoms with Gasteiger partial charge < -0.3 is 25.0 Å². The van der Waals surface area contributed by atoms with Gasteiger partial charge in [-0.05, 0) is 65.9 Å². The SMILES string of the molecule is CC(C)(C)C(NC(=O)O)[C@@H](CO)Cc1ccc(Oc2ccc(Oc3ccccc3)cc2)cc1. The first-order valence-corrected chi connectivity index (χ1v) is 10.9. The summed E-state index contributed by atoms with van der Waals surface area (Å²) in [5.74, 6) is 2.63. The van der Waals surface area contributed by atoms with Crippen molar-refractivity contribution < 1.29 is 24.5 Å². The molecule has 0 aliphatic carbocycles. The quantitative estimate of drug-likeness (QED) is 0.367. The molecule has 0 spiro atoms. The highest BCUT2D eigenvalue weighted by molar-refractivity contribution is 5.65. The van der Waals surface area contributed by atoms with Crippen molar-refractivity contribution in [2.24, 2.45) is 11.3 Å². The van der Waals surface area contributed by atoms with E-state index >= 15 is 0 Å². The molecule has 2 atom stereocenters. The van der Waals surface area contributed by atoms with Crippen molar-refractivity contribution in [1.29, 1.82) is 0 Å². The number of hydrogen-bond donors (Lipinski definition) is 3. The molecule has 0 aliphatic heterocycles. The Morgan fingerprint density at radius 2 is 1.27 bits per heavy atom. The zero-order chi connectivity index (χ0) is 23.8. The van der Waals surface area contributed by atoms with Gasteiger partial charge in [-0.3, -0.25) is 0 Å². The van der Waals surface area contributed by atoms with Crippen LogP contribution in [0.5, 0.6) is 23.0 Å². The maximum Gasteiger partial charge on any atom is 0.404 e. The van der Waals surface area contributed by atoms with Crippen LogP contribution >= 0.6 is 0 Å². The Morgan fingerprint density at radius 1 is 0.818 bits per heavy atom. The zero-order valence-electron chi connectivity index (χ0n) is 19.2. The highest BCUT2D eigenvalue weighted by atomic mass is 16.5. The summed E-state index contributed by atoms with van der Waals surface area (Å²) >= 11 is 0. The number of carbonyl (C=O) groups is 1. The molecule has 1 amide bonds. The molecule has 0 fully saturated rings. The molecule has 0 heterocycles. The van der Waals surface area contributed by atoms with Crippen molar-refractivity contribution in [3.8, 4) is 23.0 Å². The van der Waals surface area contributed by atoms with Crippen LogP contribution in [-0.2, 0) is 6.42 Å². The van der Waals surface area contributed by atoms with E-state index in [9.17, 15) is 15.0 Å². The summed E-state index contributed by atoms with van der Waals surface area (Å²) in [6.07, 6.45) is -0.540. The van der Waals surface area contributed by atoms with Crippen molar-refractivity contribution >= 4 is 6.09 Å². The summed E-state index contributed by atoms with van der Waals surface area (Å²) in [6, 6.07) is 24.2. The highest BCUT2D eigenvalue weighted by Crippen LogP contribution is 2.30. The molecule has 0 radical (unpaired) electrons. The Kier molecular flexibility index (Phi) is 7.96. The predicted molar refractivity (Wildman–Crippen MR) is 128 cm³/mol. The number of hydrogen-bond acceptors (Lipinski definition) is 4. The summed E-state index contributed by atoms with van der Waals surface area (Å²) in [6.45, 7) is 5.77. The first-order chi connectivity index (χ1) is 15.7. The number of carboxylic acid groups (broad SMARTS) is 1. The van der Waals surface area contributed by atoms with E-state index in [2.05, 4.69) is 5.32 Å². The van der Waals surface area contributed by atoms with Crippen LogP contribution in [0.2, 0.25) is 0 Å². The van der Waals surface area contributed by atoms with Gasteiger partial charge in [0.05, 0.1) is 0 Å². The smallest absolute Gasteiger partial charge is 0.404 e. The molecule has 0 aliphatic rings. The van der Waals surface area contributed by atoms with Gasteiger partial charge in [0.1, 0.15) is 23.0 Å². The summed E-state index contributed by atoms with van der Waals surface area (Å²) < 4.78 is 11.7. The Morgan fingerprint density at radius 3 is 1.70 bits per heavy atom. The van der Waals surface area contributed by atoms with Gasteiger partial charge >= 0.3 is 6.09 Å². The van der Waals surface area contributed by atoms with E-state index in [0.717, 1.165) is 17.1 Å². The lowest BCUT2D eigenvalue weighted by atomic mass is 9.77. The van der Waals surface area contributed by atoms with Crippen LogP contribution in [0.1, 0.15) is 26.3 Å². The molecular weight excluding hydrogens is 418 g/mol. The summed E-state index contributed by atoms with van der Waals surface area (Å²) in [7, 11) is 0. The van der Waals surface area contributed by atoms with E-state index < -0.39 is 6.09 Å². The van der Waals surface area contributed by atoms with Crippen LogP contribution in [0.4, 0.5) is 4.79 Å². The minimum atomic E-state index is -1.09. The van der Waals surface area contributed by atoms with Crippen LogP contribution in [-0.4, -0.2) is 29.0 Å². The van der Waals surface area contributed by atoms with Gasteiger partial charge in [-0.2, -0.15) is 0 Å². The van der Waals surface area contributed by atoms with Gasteiger partial charge in [-0.15, -0.1) is 0 Å². The second-order valence-electron chi connectivity index (χ2n) is 9.07. The fraction of sp³-hybridized carbons (Fsp3) is 0.296. The average molecular weight is 450 g/mol. The molecule has 3 rings (SSSR count). The maximum atomic E-state index is 11.2. The summed E-state index contributed by atoms with van der Waals surface area (Å²) in [5.41, 5.74) is 0.667. The molecule has 3 N–H and O–H groups in total. The van der Waals surface area contributed by atoms with Crippen molar-refractivity contribution in [2.75, 3.05) is 6.61 Å². The zero-order valence-corrected chi connectivity index (χ0v) is 19.2. The third kappa shape index (κ3) is 7.26. The molecule has 0 saturated carbocycles. The van der Waals surface area contributed by atoms with E-state index in [1.54, 1.807) is 0 Å². The maximum absolute atomic E-state index is 11.2. The summed E-state index contributed by atoms with van der Waals surface area (Å²) in [4.78, 5) is 11.2.